The summed E-state index contributed by atoms with van der Waals surface area (Å²) in [5.41, 5.74) is 8.11. The molecule has 1 unspecified atom stereocenters. The highest BCUT2D eigenvalue weighted by Gasteiger charge is 2.21. The monoisotopic (exact) mass is 249 g/mol. The molecule has 0 aromatic carbocycles. The average molecular weight is 249 g/mol. The Morgan fingerprint density at radius 2 is 2.17 bits per heavy atom. The molecule has 0 radical (unpaired) electrons. The minimum absolute atomic E-state index is 0.206. The van der Waals surface area contributed by atoms with E-state index in [-0.39, 0.29) is 12.0 Å². The Bertz CT molecular complexity index is 528. The van der Waals surface area contributed by atoms with Gasteiger partial charge in [0.25, 0.3) is 0 Å². The summed E-state index contributed by atoms with van der Waals surface area (Å²) in [5.74, 6) is 1.33. The molecule has 98 valence electrons. The molecule has 0 aliphatic heterocycles. The Kier molecular flexibility index (Phi) is 3.47. The predicted molar refractivity (Wildman–Crippen MR) is 67.0 cm³/mol. The zero-order valence-electron chi connectivity index (χ0n) is 11.2. The maximum Gasteiger partial charge on any atom is 0.229 e. The van der Waals surface area contributed by atoms with Crippen molar-refractivity contribution in [2.75, 3.05) is 0 Å². The van der Waals surface area contributed by atoms with Crippen LogP contribution in [-0.2, 0) is 13.5 Å². The van der Waals surface area contributed by atoms with E-state index in [0.717, 1.165) is 17.7 Å². The summed E-state index contributed by atoms with van der Waals surface area (Å²) in [6, 6.07) is -0.384. The molecule has 2 rings (SSSR count). The van der Waals surface area contributed by atoms with Crippen molar-refractivity contribution in [2.24, 2.45) is 12.8 Å². The van der Waals surface area contributed by atoms with Gasteiger partial charge < -0.3 is 10.3 Å². The fraction of sp³-hybridized carbons (Fsp3) is 0.583. The molecule has 0 saturated heterocycles. The first-order valence-electron chi connectivity index (χ1n) is 6.14. The maximum atomic E-state index is 6.18. The molecule has 0 spiro atoms. The highest BCUT2D eigenvalue weighted by Crippen LogP contribution is 2.22. The zero-order chi connectivity index (χ0) is 13.3. The molecule has 0 amide bonds. The van der Waals surface area contributed by atoms with Crippen LogP contribution in [0.5, 0.6) is 0 Å². The number of nitrogens with two attached hydrogens (primary N) is 1. The Balaban J connectivity index is 2.31. The molecule has 6 heteroatoms. The van der Waals surface area contributed by atoms with Crippen molar-refractivity contribution >= 4 is 0 Å². The van der Waals surface area contributed by atoms with E-state index in [1.54, 1.807) is 4.68 Å². The van der Waals surface area contributed by atoms with Crippen molar-refractivity contribution in [1.29, 1.82) is 0 Å². The van der Waals surface area contributed by atoms with Crippen LogP contribution in [0.25, 0.3) is 0 Å². The van der Waals surface area contributed by atoms with E-state index in [2.05, 4.69) is 15.2 Å². The first-order chi connectivity index (χ1) is 8.52. The third kappa shape index (κ3) is 2.28. The van der Waals surface area contributed by atoms with Crippen LogP contribution in [0, 0.1) is 0 Å². The molecule has 0 saturated carbocycles. The SMILES string of the molecule is CCc1nn(C)cc1C(N)c1noc(C(C)C)n1. The quantitative estimate of drug-likeness (QED) is 0.888. The first kappa shape index (κ1) is 12.8. The molecule has 2 N–H and O–H groups in total. The normalized spacial score (nSPS) is 13.2. The lowest BCUT2D eigenvalue weighted by molar-refractivity contribution is 0.359. The van der Waals surface area contributed by atoms with E-state index in [0.29, 0.717) is 11.7 Å². The third-order valence-corrected chi connectivity index (χ3v) is 2.84. The number of aryl methyl sites for hydroxylation is 2. The predicted octanol–water partition coefficient (Wildman–Crippen LogP) is 1.54. The standard InChI is InChI=1S/C12H19N5O/c1-5-9-8(6-17(4)15-9)10(13)11-14-12(7(2)3)18-16-11/h6-7,10H,5,13H2,1-4H3. The molecule has 6 nitrogen and oxygen atoms in total. The molecular weight excluding hydrogens is 230 g/mol. The van der Waals surface area contributed by atoms with Crippen LogP contribution in [0.15, 0.2) is 10.7 Å². The smallest absolute Gasteiger partial charge is 0.229 e. The minimum Gasteiger partial charge on any atom is -0.339 e. The Morgan fingerprint density at radius 1 is 1.44 bits per heavy atom. The third-order valence-electron chi connectivity index (χ3n) is 2.84. The van der Waals surface area contributed by atoms with Crippen molar-refractivity contribution < 1.29 is 4.52 Å². The van der Waals surface area contributed by atoms with Crippen molar-refractivity contribution in [2.45, 2.75) is 39.2 Å². The van der Waals surface area contributed by atoms with Gasteiger partial charge in [0.1, 0.15) is 0 Å². The highest BCUT2D eigenvalue weighted by atomic mass is 16.5. The lowest BCUT2D eigenvalue weighted by Gasteiger charge is -2.05. The van der Waals surface area contributed by atoms with Crippen LogP contribution in [0.2, 0.25) is 0 Å². The second kappa shape index (κ2) is 4.89. The molecule has 2 aromatic heterocycles. The lowest BCUT2D eigenvalue weighted by Crippen LogP contribution is -2.14. The van der Waals surface area contributed by atoms with Crippen molar-refractivity contribution in [3.05, 3.63) is 29.2 Å². The summed E-state index contributed by atoms with van der Waals surface area (Å²) < 4.78 is 6.94. The van der Waals surface area contributed by atoms with Crippen molar-refractivity contribution in [1.82, 2.24) is 19.9 Å². The van der Waals surface area contributed by atoms with E-state index in [9.17, 15) is 0 Å². The Hall–Kier alpha value is -1.69. The summed E-state index contributed by atoms with van der Waals surface area (Å²) in [7, 11) is 1.88. The summed E-state index contributed by atoms with van der Waals surface area (Å²) in [5, 5.41) is 8.32. The van der Waals surface area contributed by atoms with Crippen LogP contribution in [0.4, 0.5) is 0 Å². The molecule has 0 aliphatic rings. The molecule has 18 heavy (non-hydrogen) atoms. The summed E-state index contributed by atoms with van der Waals surface area (Å²) in [6.07, 6.45) is 2.74. The van der Waals surface area contributed by atoms with Gasteiger partial charge in [-0.15, -0.1) is 0 Å². The van der Waals surface area contributed by atoms with Crippen LogP contribution < -0.4 is 5.73 Å². The Labute approximate surface area is 106 Å². The van der Waals surface area contributed by atoms with Gasteiger partial charge in [0.05, 0.1) is 11.7 Å². The van der Waals surface area contributed by atoms with Gasteiger partial charge in [0.15, 0.2) is 5.82 Å². The number of hydrogen-bond acceptors (Lipinski definition) is 5. The Morgan fingerprint density at radius 3 is 2.72 bits per heavy atom. The van der Waals surface area contributed by atoms with Crippen LogP contribution >= 0.6 is 0 Å². The van der Waals surface area contributed by atoms with Crippen molar-refractivity contribution in [3.63, 3.8) is 0 Å². The van der Waals surface area contributed by atoms with Gasteiger partial charge in [-0.2, -0.15) is 10.1 Å². The van der Waals surface area contributed by atoms with E-state index in [1.165, 1.54) is 0 Å². The van der Waals surface area contributed by atoms with Gasteiger partial charge in [-0.25, -0.2) is 0 Å². The highest BCUT2D eigenvalue weighted by molar-refractivity contribution is 5.26. The summed E-state index contributed by atoms with van der Waals surface area (Å²) in [6.45, 7) is 6.06. The van der Waals surface area contributed by atoms with E-state index >= 15 is 0 Å². The van der Waals surface area contributed by atoms with Crippen LogP contribution in [0.3, 0.4) is 0 Å². The number of nitrogens with zero attached hydrogens (tertiary/aromatic N) is 4. The van der Waals surface area contributed by atoms with E-state index in [1.807, 2.05) is 34.0 Å². The number of aromatic nitrogens is 4. The average Bonchev–Trinajstić information content (AvgIpc) is 2.94. The topological polar surface area (TPSA) is 82.8 Å². The minimum atomic E-state index is -0.384. The summed E-state index contributed by atoms with van der Waals surface area (Å²) in [4.78, 5) is 4.33. The van der Waals surface area contributed by atoms with Gasteiger partial charge in [0.2, 0.25) is 5.89 Å². The van der Waals surface area contributed by atoms with E-state index < -0.39 is 0 Å². The largest absolute Gasteiger partial charge is 0.339 e. The fourth-order valence-corrected chi connectivity index (χ4v) is 1.83. The molecule has 0 aliphatic carbocycles. The van der Waals surface area contributed by atoms with Gasteiger partial charge in [-0.1, -0.05) is 25.9 Å². The second-order valence-corrected chi connectivity index (χ2v) is 4.68. The molecule has 2 heterocycles. The molecule has 2 aromatic rings. The van der Waals surface area contributed by atoms with Gasteiger partial charge in [-0.3, -0.25) is 4.68 Å². The van der Waals surface area contributed by atoms with Crippen LogP contribution in [0.1, 0.15) is 55.7 Å². The molecule has 0 bridgehead atoms. The maximum absolute atomic E-state index is 6.18. The zero-order valence-corrected chi connectivity index (χ0v) is 11.2. The summed E-state index contributed by atoms with van der Waals surface area (Å²) >= 11 is 0. The van der Waals surface area contributed by atoms with Gasteiger partial charge in [-0.05, 0) is 6.42 Å². The van der Waals surface area contributed by atoms with Crippen molar-refractivity contribution in [3.8, 4) is 0 Å². The first-order valence-corrected chi connectivity index (χ1v) is 6.14. The number of rotatable bonds is 4. The van der Waals surface area contributed by atoms with Gasteiger partial charge >= 0.3 is 0 Å². The molecular formula is C12H19N5O. The lowest BCUT2D eigenvalue weighted by atomic mass is 10.1. The molecule has 1 atom stereocenters. The van der Waals surface area contributed by atoms with Gasteiger partial charge in [0, 0.05) is 24.7 Å². The second-order valence-electron chi connectivity index (χ2n) is 4.68. The van der Waals surface area contributed by atoms with Crippen LogP contribution in [-0.4, -0.2) is 19.9 Å². The fourth-order valence-electron chi connectivity index (χ4n) is 1.83. The number of hydrogen-bond donors (Lipinski definition) is 1. The molecule has 0 fully saturated rings. The van der Waals surface area contributed by atoms with E-state index in [4.69, 9.17) is 10.3 Å².